The fourth-order valence-corrected chi connectivity index (χ4v) is 6.35. The van der Waals surface area contributed by atoms with Crippen LogP contribution in [0.4, 0.5) is 0 Å². The lowest BCUT2D eigenvalue weighted by atomic mass is 10.2. The number of sulfonamides is 1. The molecule has 0 unspecified atom stereocenters. The van der Waals surface area contributed by atoms with Crippen LogP contribution < -0.4 is 0 Å². The minimum atomic E-state index is -3.64. The van der Waals surface area contributed by atoms with Gasteiger partial charge in [-0.1, -0.05) is 11.6 Å². The minimum absolute atomic E-state index is 0.170. The van der Waals surface area contributed by atoms with Crippen molar-refractivity contribution in [1.29, 1.82) is 0 Å². The number of hydrogen-bond donors (Lipinski definition) is 0. The molecule has 0 spiro atoms. The summed E-state index contributed by atoms with van der Waals surface area (Å²) in [5, 5.41) is 0.464. The molecule has 1 aromatic carbocycles. The Kier molecular flexibility index (Phi) is 6.15. The predicted octanol–water partition coefficient (Wildman–Crippen LogP) is 2.58. The molecule has 0 radical (unpaired) electrons. The maximum Gasteiger partial charge on any atom is 0.348 e. The zero-order valence-electron chi connectivity index (χ0n) is 16.2. The molecule has 2 aromatic rings. The predicted molar refractivity (Wildman–Crippen MR) is 113 cm³/mol. The van der Waals surface area contributed by atoms with Crippen molar-refractivity contribution in [2.24, 2.45) is 0 Å². The third-order valence-corrected chi connectivity index (χ3v) is 8.70. The summed E-state index contributed by atoms with van der Waals surface area (Å²) >= 11 is 7.26. The number of nitrogens with zero attached hydrogens (tertiary/aromatic N) is 2. The average molecular weight is 469 g/mol. The second-order valence-electron chi connectivity index (χ2n) is 7.23. The topological polar surface area (TPSA) is 84.0 Å². The third kappa shape index (κ3) is 4.39. The number of esters is 1. The summed E-state index contributed by atoms with van der Waals surface area (Å²) in [6, 6.07) is 7.86. The maximum atomic E-state index is 12.7. The van der Waals surface area contributed by atoms with E-state index in [1.165, 1.54) is 55.2 Å². The van der Waals surface area contributed by atoms with E-state index in [0.29, 0.717) is 9.90 Å². The standard InChI is InChI=1S/C20H21ClN2O5S2/c21-15-4-6-16(7-5-15)30(26,27)23-10-8-22(9-11-23)19(24)13-28-20(25)18-12-14-2-1-3-17(14)29-18/h4-7,12H,1-3,8-11,13H2. The van der Waals surface area contributed by atoms with Crippen molar-refractivity contribution in [2.75, 3.05) is 32.8 Å². The molecule has 0 saturated carbocycles. The molecule has 2 aliphatic rings. The Morgan fingerprint density at radius 2 is 1.77 bits per heavy atom. The van der Waals surface area contributed by atoms with Crippen molar-refractivity contribution in [3.63, 3.8) is 0 Å². The van der Waals surface area contributed by atoms with E-state index in [1.807, 2.05) is 6.07 Å². The van der Waals surface area contributed by atoms with Crippen LogP contribution in [-0.2, 0) is 32.4 Å². The van der Waals surface area contributed by atoms with Crippen LogP contribution in [0.5, 0.6) is 0 Å². The van der Waals surface area contributed by atoms with Crippen LogP contribution in [0, 0.1) is 0 Å². The zero-order chi connectivity index (χ0) is 21.3. The number of hydrogen-bond acceptors (Lipinski definition) is 6. The largest absolute Gasteiger partial charge is 0.451 e. The second kappa shape index (κ2) is 8.66. The van der Waals surface area contributed by atoms with Gasteiger partial charge in [-0.25, -0.2) is 13.2 Å². The summed E-state index contributed by atoms with van der Waals surface area (Å²) in [7, 11) is -3.64. The molecule has 7 nitrogen and oxygen atoms in total. The summed E-state index contributed by atoms with van der Waals surface area (Å²) in [4.78, 5) is 28.1. The normalized spacial score (nSPS) is 17.0. The lowest BCUT2D eigenvalue weighted by Crippen LogP contribution is -2.51. The molecule has 1 aliphatic heterocycles. The van der Waals surface area contributed by atoms with Crippen molar-refractivity contribution in [1.82, 2.24) is 9.21 Å². The van der Waals surface area contributed by atoms with Gasteiger partial charge < -0.3 is 9.64 Å². The number of thiophene rings is 1. The van der Waals surface area contributed by atoms with E-state index in [1.54, 1.807) is 0 Å². The molecule has 1 saturated heterocycles. The molecule has 0 bridgehead atoms. The van der Waals surface area contributed by atoms with Gasteiger partial charge in [-0.2, -0.15) is 4.31 Å². The third-order valence-electron chi connectivity index (χ3n) is 5.32. The summed E-state index contributed by atoms with van der Waals surface area (Å²) in [6.07, 6.45) is 3.10. The van der Waals surface area contributed by atoms with Crippen LogP contribution in [-0.4, -0.2) is 62.3 Å². The van der Waals surface area contributed by atoms with Crippen LogP contribution >= 0.6 is 22.9 Å². The molecule has 160 valence electrons. The van der Waals surface area contributed by atoms with Crippen molar-refractivity contribution < 1.29 is 22.7 Å². The van der Waals surface area contributed by atoms with Crippen molar-refractivity contribution in [3.8, 4) is 0 Å². The summed E-state index contributed by atoms with van der Waals surface area (Å²) in [5.41, 5.74) is 1.20. The summed E-state index contributed by atoms with van der Waals surface area (Å²) in [6.45, 7) is 0.517. The Hall–Kier alpha value is -1.94. The van der Waals surface area contributed by atoms with Crippen LogP contribution in [0.15, 0.2) is 35.2 Å². The van der Waals surface area contributed by atoms with Crippen LogP contribution in [0.25, 0.3) is 0 Å². The van der Waals surface area contributed by atoms with E-state index in [-0.39, 0.29) is 43.6 Å². The van der Waals surface area contributed by atoms with Gasteiger partial charge in [0.25, 0.3) is 5.91 Å². The maximum absolute atomic E-state index is 12.7. The minimum Gasteiger partial charge on any atom is -0.451 e. The number of piperazine rings is 1. The summed E-state index contributed by atoms with van der Waals surface area (Å²) < 4.78 is 32.0. The molecule has 0 atom stereocenters. The van der Waals surface area contributed by atoms with Gasteiger partial charge >= 0.3 is 5.97 Å². The van der Waals surface area contributed by atoms with E-state index in [9.17, 15) is 18.0 Å². The Morgan fingerprint density at radius 1 is 1.07 bits per heavy atom. The molecule has 10 heteroatoms. The molecular formula is C20H21ClN2O5S2. The highest BCUT2D eigenvalue weighted by Crippen LogP contribution is 2.31. The highest BCUT2D eigenvalue weighted by molar-refractivity contribution is 7.89. The lowest BCUT2D eigenvalue weighted by Gasteiger charge is -2.33. The highest BCUT2D eigenvalue weighted by atomic mass is 35.5. The van der Waals surface area contributed by atoms with Gasteiger partial charge in [-0.15, -0.1) is 11.3 Å². The van der Waals surface area contributed by atoms with Gasteiger partial charge in [0, 0.05) is 36.1 Å². The first-order valence-electron chi connectivity index (χ1n) is 9.67. The summed E-state index contributed by atoms with van der Waals surface area (Å²) in [5.74, 6) is -0.803. The van der Waals surface area contributed by atoms with Crippen LogP contribution in [0.3, 0.4) is 0 Å². The molecule has 1 fully saturated rings. The molecule has 4 rings (SSSR count). The number of halogens is 1. The monoisotopic (exact) mass is 468 g/mol. The molecule has 30 heavy (non-hydrogen) atoms. The number of amides is 1. The second-order valence-corrected chi connectivity index (χ2v) is 10.7. The first kappa shape index (κ1) is 21.3. The van der Waals surface area contributed by atoms with E-state index < -0.39 is 16.0 Å². The number of fused-ring (bicyclic) bond motifs is 1. The molecule has 1 amide bonds. The van der Waals surface area contributed by atoms with Gasteiger partial charge in [-0.05, 0) is 55.2 Å². The van der Waals surface area contributed by atoms with Crippen LogP contribution in [0.2, 0.25) is 5.02 Å². The van der Waals surface area contributed by atoms with Crippen LogP contribution in [0.1, 0.15) is 26.5 Å². The van der Waals surface area contributed by atoms with Gasteiger partial charge in [0.1, 0.15) is 4.88 Å². The van der Waals surface area contributed by atoms with Crippen molar-refractivity contribution in [2.45, 2.75) is 24.2 Å². The Balaban J connectivity index is 1.28. The number of benzene rings is 1. The van der Waals surface area contributed by atoms with E-state index in [0.717, 1.165) is 19.3 Å². The van der Waals surface area contributed by atoms with Crippen molar-refractivity contribution in [3.05, 3.63) is 50.7 Å². The quantitative estimate of drug-likeness (QED) is 0.630. The first-order valence-corrected chi connectivity index (χ1v) is 12.3. The molecule has 0 N–H and O–H groups in total. The molecule has 2 heterocycles. The molecular weight excluding hydrogens is 448 g/mol. The van der Waals surface area contributed by atoms with Gasteiger partial charge in [0.05, 0.1) is 4.90 Å². The number of rotatable bonds is 5. The number of carbonyl (C=O) groups is 2. The fraction of sp³-hybridized carbons (Fsp3) is 0.400. The average Bonchev–Trinajstić information content (AvgIpc) is 3.34. The van der Waals surface area contributed by atoms with E-state index in [4.69, 9.17) is 16.3 Å². The van der Waals surface area contributed by atoms with E-state index >= 15 is 0 Å². The van der Waals surface area contributed by atoms with E-state index in [2.05, 4.69) is 0 Å². The Morgan fingerprint density at radius 3 is 2.43 bits per heavy atom. The first-order chi connectivity index (χ1) is 14.3. The van der Waals surface area contributed by atoms with Gasteiger partial charge in [0.15, 0.2) is 6.61 Å². The number of ether oxygens (including phenoxy) is 1. The van der Waals surface area contributed by atoms with Gasteiger partial charge in [-0.3, -0.25) is 4.79 Å². The molecule has 1 aliphatic carbocycles. The Bertz CT molecular complexity index is 1040. The van der Waals surface area contributed by atoms with Gasteiger partial charge in [0.2, 0.25) is 10.0 Å². The SMILES string of the molecule is O=C(OCC(=O)N1CCN(S(=O)(=O)c2ccc(Cl)cc2)CC1)c1cc2c(s1)CCC2. The molecule has 1 aromatic heterocycles. The van der Waals surface area contributed by atoms with Crippen molar-refractivity contribution >= 4 is 44.8 Å². The smallest absolute Gasteiger partial charge is 0.348 e. The number of carbonyl (C=O) groups excluding carboxylic acids is 2. The lowest BCUT2D eigenvalue weighted by molar-refractivity contribution is -0.135. The number of aryl methyl sites for hydroxylation is 2. The zero-order valence-corrected chi connectivity index (χ0v) is 18.6. The highest BCUT2D eigenvalue weighted by Gasteiger charge is 2.30. The fourth-order valence-electron chi connectivity index (χ4n) is 3.65. The Labute approximate surface area is 184 Å².